The van der Waals surface area contributed by atoms with E-state index >= 15 is 0 Å². The second kappa shape index (κ2) is 4.87. The molecule has 2 aromatic carbocycles. The first-order valence-electron chi connectivity index (χ1n) is 5.36. The summed E-state index contributed by atoms with van der Waals surface area (Å²) in [6.45, 7) is 0. The van der Waals surface area contributed by atoms with E-state index in [1.165, 1.54) is 12.1 Å². The molecule has 0 radical (unpaired) electrons. The van der Waals surface area contributed by atoms with Crippen LogP contribution in [0, 0.1) is 5.82 Å². The van der Waals surface area contributed by atoms with E-state index in [0.717, 1.165) is 16.8 Å². The Morgan fingerprint density at radius 2 is 1.76 bits per heavy atom. The van der Waals surface area contributed by atoms with Crippen LogP contribution < -0.4 is 10.1 Å². The molecule has 0 heterocycles. The van der Waals surface area contributed by atoms with Gasteiger partial charge in [-0.1, -0.05) is 12.1 Å². The summed E-state index contributed by atoms with van der Waals surface area (Å²) in [7, 11) is 3.44. The van der Waals surface area contributed by atoms with Crippen molar-refractivity contribution >= 4 is 5.69 Å². The molecule has 2 aromatic rings. The Bertz CT molecular complexity index is 508. The van der Waals surface area contributed by atoms with Crippen molar-refractivity contribution < 1.29 is 9.13 Å². The van der Waals surface area contributed by atoms with E-state index in [1.54, 1.807) is 13.2 Å². The summed E-state index contributed by atoms with van der Waals surface area (Å²) < 4.78 is 18.5. The summed E-state index contributed by atoms with van der Waals surface area (Å²) >= 11 is 0. The number of methoxy groups -OCH3 is 1. The third-order valence-corrected chi connectivity index (χ3v) is 2.65. The molecule has 0 atom stereocenters. The van der Waals surface area contributed by atoms with Gasteiger partial charge >= 0.3 is 0 Å². The number of halogens is 1. The van der Waals surface area contributed by atoms with Crippen molar-refractivity contribution in [1.82, 2.24) is 0 Å². The van der Waals surface area contributed by atoms with Crippen LogP contribution in [0.4, 0.5) is 10.1 Å². The average Bonchev–Trinajstić information content (AvgIpc) is 2.39. The first kappa shape index (κ1) is 11.5. The lowest BCUT2D eigenvalue weighted by Crippen LogP contribution is -1.90. The minimum Gasteiger partial charge on any atom is -0.496 e. The second-order valence-corrected chi connectivity index (χ2v) is 3.67. The van der Waals surface area contributed by atoms with E-state index < -0.39 is 0 Å². The fourth-order valence-corrected chi connectivity index (χ4v) is 1.72. The lowest BCUT2D eigenvalue weighted by molar-refractivity contribution is 0.415. The van der Waals surface area contributed by atoms with Gasteiger partial charge in [0, 0.05) is 18.3 Å². The first-order valence-corrected chi connectivity index (χ1v) is 5.36. The van der Waals surface area contributed by atoms with Crippen molar-refractivity contribution in [2.24, 2.45) is 0 Å². The Morgan fingerprint density at radius 3 is 2.35 bits per heavy atom. The zero-order valence-electron chi connectivity index (χ0n) is 9.83. The first-order chi connectivity index (χ1) is 8.24. The van der Waals surface area contributed by atoms with Crippen molar-refractivity contribution in [3.8, 4) is 16.9 Å². The number of benzene rings is 2. The van der Waals surface area contributed by atoms with Gasteiger partial charge in [0.2, 0.25) is 0 Å². The maximum Gasteiger partial charge on any atom is 0.126 e. The molecule has 1 N–H and O–H groups in total. The molecule has 0 bridgehead atoms. The molecule has 0 fully saturated rings. The van der Waals surface area contributed by atoms with Crippen LogP contribution in [0.5, 0.6) is 5.75 Å². The fourth-order valence-electron chi connectivity index (χ4n) is 1.72. The van der Waals surface area contributed by atoms with E-state index in [0.29, 0.717) is 5.75 Å². The monoisotopic (exact) mass is 231 g/mol. The van der Waals surface area contributed by atoms with Crippen molar-refractivity contribution in [1.29, 1.82) is 0 Å². The smallest absolute Gasteiger partial charge is 0.126 e. The SMILES string of the molecule is CNc1ccc(-c2cc(F)ccc2OC)cc1. The summed E-state index contributed by atoms with van der Waals surface area (Å²) in [6.07, 6.45) is 0. The number of anilines is 1. The van der Waals surface area contributed by atoms with Crippen molar-refractivity contribution in [3.63, 3.8) is 0 Å². The van der Waals surface area contributed by atoms with Gasteiger partial charge in [-0.3, -0.25) is 0 Å². The van der Waals surface area contributed by atoms with E-state index in [1.807, 2.05) is 31.3 Å². The molecule has 17 heavy (non-hydrogen) atoms. The number of rotatable bonds is 3. The van der Waals surface area contributed by atoms with Gasteiger partial charge in [0.05, 0.1) is 7.11 Å². The third kappa shape index (κ3) is 2.38. The quantitative estimate of drug-likeness (QED) is 0.872. The molecular formula is C14H14FNO. The lowest BCUT2D eigenvalue weighted by Gasteiger charge is -2.09. The predicted molar refractivity (Wildman–Crippen MR) is 67.9 cm³/mol. The lowest BCUT2D eigenvalue weighted by atomic mass is 10.0. The summed E-state index contributed by atoms with van der Waals surface area (Å²) in [6, 6.07) is 12.3. The molecule has 2 nitrogen and oxygen atoms in total. The van der Waals surface area contributed by atoms with Crippen LogP contribution in [0.3, 0.4) is 0 Å². The van der Waals surface area contributed by atoms with Crippen LogP contribution in [-0.2, 0) is 0 Å². The molecule has 3 heteroatoms. The Kier molecular flexibility index (Phi) is 3.28. The van der Waals surface area contributed by atoms with Gasteiger partial charge in [-0.05, 0) is 35.9 Å². The molecule has 0 unspecified atom stereocenters. The van der Waals surface area contributed by atoms with Crippen LogP contribution in [0.15, 0.2) is 42.5 Å². The molecule has 88 valence electrons. The van der Waals surface area contributed by atoms with Crippen LogP contribution in [0.1, 0.15) is 0 Å². The maximum atomic E-state index is 13.2. The van der Waals surface area contributed by atoms with Crippen LogP contribution in [0.25, 0.3) is 11.1 Å². The van der Waals surface area contributed by atoms with Gasteiger partial charge in [-0.25, -0.2) is 4.39 Å². The number of ether oxygens (including phenoxy) is 1. The molecule has 0 spiro atoms. The normalized spacial score (nSPS) is 10.1. The molecule has 0 saturated carbocycles. The largest absolute Gasteiger partial charge is 0.496 e. The Balaban J connectivity index is 2.47. The van der Waals surface area contributed by atoms with Gasteiger partial charge in [0.25, 0.3) is 0 Å². The van der Waals surface area contributed by atoms with E-state index in [4.69, 9.17) is 4.74 Å². The summed E-state index contributed by atoms with van der Waals surface area (Å²) in [5.41, 5.74) is 2.71. The van der Waals surface area contributed by atoms with Gasteiger partial charge in [-0.15, -0.1) is 0 Å². The van der Waals surface area contributed by atoms with Crippen molar-refractivity contribution in [3.05, 3.63) is 48.3 Å². The molecule has 0 aliphatic carbocycles. The van der Waals surface area contributed by atoms with Crippen LogP contribution >= 0.6 is 0 Å². The van der Waals surface area contributed by atoms with E-state index in [9.17, 15) is 4.39 Å². The topological polar surface area (TPSA) is 21.3 Å². The number of hydrogen-bond donors (Lipinski definition) is 1. The Morgan fingerprint density at radius 1 is 1.06 bits per heavy atom. The van der Waals surface area contributed by atoms with Crippen molar-refractivity contribution in [2.75, 3.05) is 19.5 Å². The van der Waals surface area contributed by atoms with Gasteiger partial charge < -0.3 is 10.1 Å². The molecule has 0 amide bonds. The zero-order chi connectivity index (χ0) is 12.3. The third-order valence-electron chi connectivity index (χ3n) is 2.65. The fraction of sp³-hybridized carbons (Fsp3) is 0.143. The minimum atomic E-state index is -0.265. The molecule has 0 aliphatic heterocycles. The average molecular weight is 231 g/mol. The zero-order valence-corrected chi connectivity index (χ0v) is 9.83. The minimum absolute atomic E-state index is 0.265. The van der Waals surface area contributed by atoms with Gasteiger partial charge in [-0.2, -0.15) is 0 Å². The highest BCUT2D eigenvalue weighted by Crippen LogP contribution is 2.31. The Labute approximate surface area is 100 Å². The van der Waals surface area contributed by atoms with Gasteiger partial charge in [0.1, 0.15) is 11.6 Å². The molecule has 0 aromatic heterocycles. The molecule has 0 saturated heterocycles. The predicted octanol–water partition coefficient (Wildman–Crippen LogP) is 3.54. The van der Waals surface area contributed by atoms with Gasteiger partial charge in [0.15, 0.2) is 0 Å². The summed E-state index contributed by atoms with van der Waals surface area (Å²) in [4.78, 5) is 0. The summed E-state index contributed by atoms with van der Waals surface area (Å²) in [5.74, 6) is 0.405. The standard InChI is InChI=1S/C14H14FNO/c1-16-12-6-3-10(4-7-12)13-9-11(15)5-8-14(13)17-2/h3-9,16H,1-2H3. The number of nitrogens with one attached hydrogen (secondary N) is 1. The molecular weight excluding hydrogens is 217 g/mol. The number of hydrogen-bond acceptors (Lipinski definition) is 2. The van der Waals surface area contributed by atoms with E-state index in [2.05, 4.69) is 5.32 Å². The van der Waals surface area contributed by atoms with E-state index in [-0.39, 0.29) is 5.82 Å². The van der Waals surface area contributed by atoms with Crippen molar-refractivity contribution in [2.45, 2.75) is 0 Å². The second-order valence-electron chi connectivity index (χ2n) is 3.67. The highest BCUT2D eigenvalue weighted by atomic mass is 19.1. The maximum absolute atomic E-state index is 13.2. The summed E-state index contributed by atoms with van der Waals surface area (Å²) in [5, 5.41) is 3.04. The Hall–Kier alpha value is -2.03. The highest BCUT2D eigenvalue weighted by molar-refractivity contribution is 5.72. The van der Waals surface area contributed by atoms with Crippen LogP contribution in [0.2, 0.25) is 0 Å². The molecule has 2 rings (SSSR count). The highest BCUT2D eigenvalue weighted by Gasteiger charge is 2.06. The molecule has 0 aliphatic rings. The van der Waals surface area contributed by atoms with Crippen LogP contribution in [-0.4, -0.2) is 14.2 Å².